The van der Waals surface area contributed by atoms with E-state index in [1.54, 1.807) is 7.11 Å². The monoisotopic (exact) mass is 268 g/mol. The molecule has 2 aromatic carbocycles. The van der Waals surface area contributed by atoms with Crippen LogP contribution < -0.4 is 0 Å². The van der Waals surface area contributed by atoms with Crippen LogP contribution in [0.1, 0.15) is 18.1 Å². The van der Waals surface area contributed by atoms with E-state index >= 15 is 0 Å². The Morgan fingerprint density at radius 3 is 1.90 bits per heavy atom. The largest absolute Gasteiger partial charge is 0.383 e. The van der Waals surface area contributed by atoms with Crippen molar-refractivity contribution in [2.24, 2.45) is 0 Å². The molecule has 2 aromatic rings. The van der Waals surface area contributed by atoms with Crippen LogP contribution in [0.2, 0.25) is 0 Å². The quantitative estimate of drug-likeness (QED) is 0.824. The molecule has 0 atom stereocenters. The zero-order valence-electron chi connectivity index (χ0n) is 12.1. The molecule has 0 amide bonds. The third-order valence-electron chi connectivity index (χ3n) is 4.12. The van der Waals surface area contributed by atoms with Crippen molar-refractivity contribution in [2.45, 2.75) is 12.3 Å². The maximum Gasteiger partial charge on any atom is 0.0681 e. The summed E-state index contributed by atoms with van der Waals surface area (Å²) in [4.78, 5) is 0. The van der Waals surface area contributed by atoms with Gasteiger partial charge in [-0.1, -0.05) is 48.5 Å². The first-order chi connectivity index (χ1) is 9.83. The smallest absolute Gasteiger partial charge is 0.0681 e. The van der Waals surface area contributed by atoms with Gasteiger partial charge in [-0.15, -0.1) is 0 Å². The summed E-state index contributed by atoms with van der Waals surface area (Å²) in [7, 11) is 1.76. The normalized spacial score (nSPS) is 14.9. The highest BCUT2D eigenvalue weighted by molar-refractivity contribution is 5.81. The molecular weight excluding hydrogens is 248 g/mol. The maximum atomic E-state index is 5.81. The van der Waals surface area contributed by atoms with Crippen LogP contribution in [0.25, 0.3) is 11.1 Å². The van der Waals surface area contributed by atoms with E-state index in [4.69, 9.17) is 9.47 Å². The summed E-state index contributed by atoms with van der Waals surface area (Å²) in [6, 6.07) is 17.2. The van der Waals surface area contributed by atoms with Crippen molar-refractivity contribution in [1.82, 2.24) is 0 Å². The lowest BCUT2D eigenvalue weighted by Crippen LogP contribution is -2.36. The van der Waals surface area contributed by atoms with Crippen molar-refractivity contribution in [3.8, 4) is 11.1 Å². The SMILES string of the molecule is CCOCC1(COC)c2ccccc2-c2ccccc21. The molecular formula is C18H20O2. The maximum absolute atomic E-state index is 5.81. The average Bonchev–Trinajstić information content (AvgIpc) is 2.78. The van der Waals surface area contributed by atoms with Gasteiger partial charge in [0.2, 0.25) is 0 Å². The molecule has 0 heterocycles. The standard InChI is InChI=1S/C18H20O2/c1-3-20-13-18(12-19-2)16-10-6-4-8-14(16)15-9-5-7-11-17(15)18/h4-11H,3,12-13H2,1-2H3. The summed E-state index contributed by atoms with van der Waals surface area (Å²) >= 11 is 0. The van der Waals surface area contributed by atoms with E-state index in [0.29, 0.717) is 13.2 Å². The Morgan fingerprint density at radius 2 is 1.40 bits per heavy atom. The van der Waals surface area contributed by atoms with E-state index < -0.39 is 0 Å². The summed E-state index contributed by atoms with van der Waals surface area (Å²) in [6.45, 7) is 4.05. The fourth-order valence-electron chi connectivity index (χ4n) is 3.29. The highest BCUT2D eigenvalue weighted by Gasteiger charge is 2.43. The molecule has 104 valence electrons. The van der Waals surface area contributed by atoms with Gasteiger partial charge in [0.05, 0.1) is 18.6 Å². The Kier molecular flexibility index (Phi) is 3.60. The van der Waals surface area contributed by atoms with E-state index in [-0.39, 0.29) is 5.41 Å². The van der Waals surface area contributed by atoms with Crippen molar-refractivity contribution >= 4 is 0 Å². The summed E-state index contributed by atoms with van der Waals surface area (Å²) in [6.07, 6.45) is 0. The zero-order chi connectivity index (χ0) is 14.0. The van der Waals surface area contributed by atoms with Gasteiger partial charge >= 0.3 is 0 Å². The molecule has 3 rings (SSSR count). The fourth-order valence-corrected chi connectivity index (χ4v) is 3.29. The predicted octanol–water partition coefficient (Wildman–Crippen LogP) is 3.64. The summed E-state index contributed by atoms with van der Waals surface area (Å²) in [5.74, 6) is 0. The van der Waals surface area contributed by atoms with E-state index in [1.807, 2.05) is 6.92 Å². The zero-order valence-corrected chi connectivity index (χ0v) is 12.1. The highest BCUT2D eigenvalue weighted by atomic mass is 16.5. The Balaban J connectivity index is 2.21. The molecule has 1 aliphatic rings. The first-order valence-corrected chi connectivity index (χ1v) is 7.09. The van der Waals surface area contributed by atoms with Crippen molar-refractivity contribution in [2.75, 3.05) is 26.9 Å². The van der Waals surface area contributed by atoms with Gasteiger partial charge in [0, 0.05) is 13.7 Å². The molecule has 0 bridgehead atoms. The van der Waals surface area contributed by atoms with E-state index in [9.17, 15) is 0 Å². The van der Waals surface area contributed by atoms with Crippen LogP contribution in [0.15, 0.2) is 48.5 Å². The lowest BCUT2D eigenvalue weighted by atomic mass is 9.79. The second-order valence-corrected chi connectivity index (χ2v) is 5.24. The third-order valence-corrected chi connectivity index (χ3v) is 4.12. The van der Waals surface area contributed by atoms with E-state index in [0.717, 1.165) is 6.61 Å². The predicted molar refractivity (Wildman–Crippen MR) is 81.0 cm³/mol. The average molecular weight is 268 g/mol. The lowest BCUT2D eigenvalue weighted by Gasteiger charge is -2.31. The molecule has 0 aliphatic heterocycles. The van der Waals surface area contributed by atoms with Gasteiger partial charge < -0.3 is 9.47 Å². The van der Waals surface area contributed by atoms with Crippen LogP contribution >= 0.6 is 0 Å². The Hall–Kier alpha value is -1.64. The molecule has 1 aliphatic carbocycles. The number of methoxy groups -OCH3 is 1. The molecule has 2 heteroatoms. The minimum Gasteiger partial charge on any atom is -0.383 e. The van der Waals surface area contributed by atoms with Crippen LogP contribution in [0, 0.1) is 0 Å². The van der Waals surface area contributed by atoms with Gasteiger partial charge in [0.25, 0.3) is 0 Å². The molecule has 0 saturated heterocycles. The molecule has 0 spiro atoms. The van der Waals surface area contributed by atoms with Crippen LogP contribution in [0.5, 0.6) is 0 Å². The van der Waals surface area contributed by atoms with Crippen molar-refractivity contribution < 1.29 is 9.47 Å². The Labute approximate surface area is 120 Å². The fraction of sp³-hybridized carbons (Fsp3) is 0.333. The van der Waals surface area contributed by atoms with Crippen molar-refractivity contribution in [3.63, 3.8) is 0 Å². The first kappa shape index (κ1) is 13.3. The third kappa shape index (κ3) is 1.88. The van der Waals surface area contributed by atoms with Crippen molar-refractivity contribution in [3.05, 3.63) is 59.7 Å². The number of ether oxygens (including phenoxy) is 2. The minimum atomic E-state index is -0.183. The molecule has 0 fully saturated rings. The number of hydrogen-bond donors (Lipinski definition) is 0. The number of rotatable bonds is 5. The number of fused-ring (bicyclic) bond motifs is 3. The molecule has 0 N–H and O–H groups in total. The van der Waals surface area contributed by atoms with Gasteiger partial charge in [-0.2, -0.15) is 0 Å². The van der Waals surface area contributed by atoms with Crippen LogP contribution in [0.4, 0.5) is 0 Å². The van der Waals surface area contributed by atoms with Gasteiger partial charge in [0.15, 0.2) is 0 Å². The molecule has 20 heavy (non-hydrogen) atoms. The second-order valence-electron chi connectivity index (χ2n) is 5.24. The van der Waals surface area contributed by atoms with Crippen LogP contribution in [0.3, 0.4) is 0 Å². The summed E-state index contributed by atoms with van der Waals surface area (Å²) in [5.41, 5.74) is 5.06. The lowest BCUT2D eigenvalue weighted by molar-refractivity contribution is 0.0606. The summed E-state index contributed by atoms with van der Waals surface area (Å²) < 4.78 is 11.4. The summed E-state index contributed by atoms with van der Waals surface area (Å²) in [5, 5.41) is 0. The van der Waals surface area contributed by atoms with E-state index in [1.165, 1.54) is 22.3 Å². The first-order valence-electron chi connectivity index (χ1n) is 7.09. The molecule has 2 nitrogen and oxygen atoms in total. The van der Waals surface area contributed by atoms with Gasteiger partial charge in [-0.05, 0) is 29.2 Å². The van der Waals surface area contributed by atoms with Gasteiger partial charge in [-0.3, -0.25) is 0 Å². The van der Waals surface area contributed by atoms with Crippen molar-refractivity contribution in [1.29, 1.82) is 0 Å². The number of benzene rings is 2. The van der Waals surface area contributed by atoms with Gasteiger partial charge in [-0.25, -0.2) is 0 Å². The molecule has 0 unspecified atom stereocenters. The molecule has 0 aromatic heterocycles. The van der Waals surface area contributed by atoms with E-state index in [2.05, 4.69) is 48.5 Å². The van der Waals surface area contributed by atoms with Crippen LogP contribution in [-0.2, 0) is 14.9 Å². The molecule has 0 saturated carbocycles. The second kappa shape index (κ2) is 5.39. The minimum absolute atomic E-state index is 0.183. The van der Waals surface area contributed by atoms with Gasteiger partial charge in [0.1, 0.15) is 0 Å². The Morgan fingerprint density at radius 1 is 0.850 bits per heavy atom. The highest BCUT2D eigenvalue weighted by Crippen LogP contribution is 2.49. The molecule has 0 radical (unpaired) electrons. The topological polar surface area (TPSA) is 18.5 Å². The Bertz CT molecular complexity index is 558. The number of hydrogen-bond acceptors (Lipinski definition) is 2. The van der Waals surface area contributed by atoms with Crippen LogP contribution in [-0.4, -0.2) is 26.9 Å².